The van der Waals surface area contributed by atoms with Gasteiger partial charge in [0, 0.05) is 6.42 Å². The molecule has 1 rings (SSSR count). The molecule has 0 atom stereocenters. The van der Waals surface area contributed by atoms with Gasteiger partial charge in [0.1, 0.15) is 10.7 Å². The summed E-state index contributed by atoms with van der Waals surface area (Å²) in [6.45, 7) is 3.93. The first-order valence-electron chi connectivity index (χ1n) is 5.82. The van der Waals surface area contributed by atoms with Crippen molar-refractivity contribution in [1.29, 1.82) is 0 Å². The minimum absolute atomic E-state index is 0.128. The van der Waals surface area contributed by atoms with Gasteiger partial charge < -0.3 is 5.32 Å². The third-order valence-electron chi connectivity index (χ3n) is 2.47. The molecule has 0 aromatic heterocycles. The molecule has 1 amide bonds. The Hall–Kier alpha value is -1.47. The molecule has 0 saturated carbocycles. The molecule has 1 aromatic rings. The lowest BCUT2D eigenvalue weighted by atomic mass is 10.1. The number of hydrogen-bond acceptors (Lipinski definition) is 3. The van der Waals surface area contributed by atoms with Crippen LogP contribution in [0.25, 0.3) is 0 Å². The molecule has 1 aromatic carbocycles. The van der Waals surface area contributed by atoms with Crippen LogP contribution in [0.1, 0.15) is 26.7 Å². The number of nitrogens with one attached hydrogen (secondary N) is 1. The van der Waals surface area contributed by atoms with Gasteiger partial charge in [0.2, 0.25) is 15.9 Å². The van der Waals surface area contributed by atoms with Crippen molar-refractivity contribution in [2.24, 2.45) is 11.1 Å². The molecule has 106 valence electrons. The van der Waals surface area contributed by atoms with Crippen molar-refractivity contribution in [3.8, 4) is 0 Å². The second kappa shape index (κ2) is 6.12. The number of carbonyl (C=O) groups excluding carboxylic acids is 1. The standard InChI is InChI=1S/C12H17FN2O3S/c1-8(2)3-6-12(16)15-10-7-9(13)4-5-11(10)19(14,17)18/h4-5,7-8H,3,6H2,1-2H3,(H,15,16)(H2,14,17,18). The Balaban J connectivity index is 2.94. The van der Waals surface area contributed by atoms with Crippen LogP contribution in [0.3, 0.4) is 0 Å². The van der Waals surface area contributed by atoms with E-state index in [9.17, 15) is 17.6 Å². The average molecular weight is 288 g/mol. The van der Waals surface area contributed by atoms with E-state index in [0.717, 1.165) is 18.2 Å². The molecular formula is C12H17FN2O3S. The van der Waals surface area contributed by atoms with E-state index < -0.39 is 15.8 Å². The van der Waals surface area contributed by atoms with Crippen LogP contribution < -0.4 is 10.5 Å². The highest BCUT2D eigenvalue weighted by atomic mass is 32.2. The number of amides is 1. The summed E-state index contributed by atoms with van der Waals surface area (Å²) >= 11 is 0. The smallest absolute Gasteiger partial charge is 0.240 e. The van der Waals surface area contributed by atoms with Gasteiger partial charge in [-0.3, -0.25) is 4.79 Å². The molecule has 0 radical (unpaired) electrons. The van der Waals surface area contributed by atoms with Gasteiger partial charge in [0.25, 0.3) is 0 Å². The molecule has 7 heteroatoms. The Morgan fingerprint density at radius 2 is 2.05 bits per heavy atom. The van der Waals surface area contributed by atoms with Crippen molar-refractivity contribution in [2.75, 3.05) is 5.32 Å². The van der Waals surface area contributed by atoms with E-state index in [-0.39, 0.29) is 22.9 Å². The largest absolute Gasteiger partial charge is 0.325 e. The lowest BCUT2D eigenvalue weighted by Crippen LogP contribution is -2.18. The Labute approximate surface area is 112 Å². The van der Waals surface area contributed by atoms with Gasteiger partial charge >= 0.3 is 0 Å². The normalized spacial score (nSPS) is 11.6. The molecular weight excluding hydrogens is 271 g/mol. The summed E-state index contributed by atoms with van der Waals surface area (Å²) in [4.78, 5) is 11.3. The lowest BCUT2D eigenvalue weighted by Gasteiger charge is -2.10. The monoisotopic (exact) mass is 288 g/mol. The number of anilines is 1. The summed E-state index contributed by atoms with van der Waals surface area (Å²) in [5.74, 6) is -0.674. The Kier molecular flexibility index (Phi) is 5.02. The molecule has 0 aliphatic rings. The van der Waals surface area contributed by atoms with E-state index in [1.54, 1.807) is 0 Å². The number of primary sulfonamides is 1. The van der Waals surface area contributed by atoms with E-state index in [1.165, 1.54) is 0 Å². The van der Waals surface area contributed by atoms with Crippen molar-refractivity contribution in [2.45, 2.75) is 31.6 Å². The van der Waals surface area contributed by atoms with E-state index in [4.69, 9.17) is 5.14 Å². The van der Waals surface area contributed by atoms with Crippen LogP contribution >= 0.6 is 0 Å². The Bertz CT molecular complexity index is 570. The molecule has 19 heavy (non-hydrogen) atoms. The topological polar surface area (TPSA) is 89.3 Å². The first-order chi connectivity index (χ1) is 8.70. The fraction of sp³-hybridized carbons (Fsp3) is 0.417. The van der Waals surface area contributed by atoms with Crippen LogP contribution in [0.15, 0.2) is 23.1 Å². The third-order valence-corrected chi connectivity index (χ3v) is 3.44. The number of halogens is 1. The number of carbonyl (C=O) groups is 1. The number of rotatable bonds is 5. The van der Waals surface area contributed by atoms with Crippen molar-refractivity contribution < 1.29 is 17.6 Å². The second-order valence-corrected chi connectivity index (χ2v) is 6.20. The van der Waals surface area contributed by atoms with Gasteiger partial charge in [-0.25, -0.2) is 17.9 Å². The molecule has 5 nitrogen and oxygen atoms in total. The summed E-state index contributed by atoms with van der Waals surface area (Å²) in [7, 11) is -4.01. The predicted octanol–water partition coefficient (Wildman–Crippen LogP) is 1.85. The fourth-order valence-electron chi connectivity index (χ4n) is 1.48. The molecule has 0 bridgehead atoms. The zero-order chi connectivity index (χ0) is 14.6. The predicted molar refractivity (Wildman–Crippen MR) is 70.5 cm³/mol. The van der Waals surface area contributed by atoms with Crippen LogP contribution in [0.2, 0.25) is 0 Å². The lowest BCUT2D eigenvalue weighted by molar-refractivity contribution is -0.116. The molecule has 0 spiro atoms. The van der Waals surface area contributed by atoms with Gasteiger partial charge in [0.05, 0.1) is 5.69 Å². The van der Waals surface area contributed by atoms with E-state index in [1.807, 2.05) is 13.8 Å². The Morgan fingerprint density at radius 3 is 2.58 bits per heavy atom. The summed E-state index contributed by atoms with van der Waals surface area (Å²) in [5, 5.41) is 7.38. The summed E-state index contributed by atoms with van der Waals surface area (Å²) in [6, 6.07) is 2.94. The van der Waals surface area contributed by atoms with Gasteiger partial charge in [-0.2, -0.15) is 0 Å². The quantitative estimate of drug-likeness (QED) is 0.866. The SMILES string of the molecule is CC(C)CCC(=O)Nc1cc(F)ccc1S(N)(=O)=O. The minimum atomic E-state index is -4.01. The zero-order valence-electron chi connectivity index (χ0n) is 10.8. The van der Waals surface area contributed by atoms with Crippen LogP contribution in [-0.4, -0.2) is 14.3 Å². The summed E-state index contributed by atoms with van der Waals surface area (Å²) in [5.41, 5.74) is -0.128. The number of benzene rings is 1. The minimum Gasteiger partial charge on any atom is -0.325 e. The second-order valence-electron chi connectivity index (χ2n) is 4.67. The highest BCUT2D eigenvalue weighted by Crippen LogP contribution is 2.21. The molecule has 0 unspecified atom stereocenters. The molecule has 0 saturated heterocycles. The maximum absolute atomic E-state index is 13.1. The van der Waals surface area contributed by atoms with Crippen LogP contribution in [-0.2, 0) is 14.8 Å². The molecule has 0 aliphatic heterocycles. The molecule has 0 heterocycles. The van der Waals surface area contributed by atoms with E-state index >= 15 is 0 Å². The fourth-order valence-corrected chi connectivity index (χ4v) is 2.15. The van der Waals surface area contributed by atoms with Gasteiger partial charge in [-0.05, 0) is 30.5 Å². The number of nitrogens with two attached hydrogens (primary N) is 1. The highest BCUT2D eigenvalue weighted by Gasteiger charge is 2.16. The van der Waals surface area contributed by atoms with Crippen molar-refractivity contribution in [1.82, 2.24) is 0 Å². The molecule has 0 fully saturated rings. The van der Waals surface area contributed by atoms with Gasteiger partial charge in [-0.15, -0.1) is 0 Å². The highest BCUT2D eigenvalue weighted by molar-refractivity contribution is 7.89. The summed E-state index contributed by atoms with van der Waals surface area (Å²) in [6.07, 6.45) is 0.893. The van der Waals surface area contributed by atoms with E-state index in [0.29, 0.717) is 12.3 Å². The maximum atomic E-state index is 13.1. The van der Waals surface area contributed by atoms with Crippen molar-refractivity contribution in [3.05, 3.63) is 24.0 Å². The van der Waals surface area contributed by atoms with Gasteiger partial charge in [0.15, 0.2) is 0 Å². The van der Waals surface area contributed by atoms with Crippen LogP contribution in [0, 0.1) is 11.7 Å². The molecule has 0 aliphatic carbocycles. The average Bonchev–Trinajstić information content (AvgIpc) is 2.24. The maximum Gasteiger partial charge on any atom is 0.240 e. The van der Waals surface area contributed by atoms with Gasteiger partial charge in [-0.1, -0.05) is 13.8 Å². The summed E-state index contributed by atoms with van der Waals surface area (Å²) < 4.78 is 35.7. The third kappa shape index (κ3) is 4.96. The van der Waals surface area contributed by atoms with Crippen molar-refractivity contribution in [3.63, 3.8) is 0 Å². The molecule has 3 N–H and O–H groups in total. The van der Waals surface area contributed by atoms with Crippen LogP contribution in [0.4, 0.5) is 10.1 Å². The number of sulfonamides is 1. The first-order valence-corrected chi connectivity index (χ1v) is 7.37. The zero-order valence-corrected chi connectivity index (χ0v) is 11.6. The number of hydrogen-bond donors (Lipinski definition) is 2. The van der Waals surface area contributed by atoms with Crippen molar-refractivity contribution >= 4 is 21.6 Å². The van der Waals surface area contributed by atoms with Crippen LogP contribution in [0.5, 0.6) is 0 Å². The first kappa shape index (κ1) is 15.6. The Morgan fingerprint density at radius 1 is 1.42 bits per heavy atom. The van der Waals surface area contributed by atoms with E-state index in [2.05, 4.69) is 5.32 Å².